The molecule has 0 rings (SSSR count). The van der Waals surface area contributed by atoms with Crippen LogP contribution >= 0.6 is 15.9 Å². The molecule has 0 aromatic carbocycles. The molecule has 0 aromatic heterocycles. The lowest BCUT2D eigenvalue weighted by atomic mass is 10.1. The third kappa shape index (κ3) is 5.68. The van der Waals surface area contributed by atoms with Crippen LogP contribution in [-0.2, 0) is 4.74 Å². The third-order valence-corrected chi connectivity index (χ3v) is 2.50. The van der Waals surface area contributed by atoms with Gasteiger partial charge in [-0.05, 0) is 6.42 Å². The zero-order valence-corrected chi connectivity index (χ0v) is 9.36. The molecule has 0 aliphatic rings. The molecular weight excluding hydrogens is 204 g/mol. The quantitative estimate of drug-likeness (QED) is 0.495. The Morgan fingerprint density at radius 2 is 2.00 bits per heavy atom. The number of hydrogen-bond donors (Lipinski definition) is 0. The third-order valence-electron chi connectivity index (χ3n) is 1.91. The molecule has 68 valence electrons. The lowest BCUT2D eigenvalue weighted by Crippen LogP contribution is -2.19. The van der Waals surface area contributed by atoms with Gasteiger partial charge in [-0.3, -0.25) is 0 Å². The van der Waals surface area contributed by atoms with Crippen LogP contribution in [0.3, 0.4) is 0 Å². The Balaban J connectivity index is 3.36. The molecule has 0 aromatic rings. The molecule has 2 atom stereocenters. The van der Waals surface area contributed by atoms with Gasteiger partial charge < -0.3 is 4.74 Å². The largest absolute Gasteiger partial charge is 0.380 e. The van der Waals surface area contributed by atoms with Gasteiger partial charge in [-0.1, -0.05) is 49.0 Å². The fraction of sp³-hybridized carbons (Fsp3) is 1.00. The van der Waals surface area contributed by atoms with Gasteiger partial charge in [-0.25, -0.2) is 0 Å². The van der Waals surface area contributed by atoms with Crippen molar-refractivity contribution < 1.29 is 4.74 Å². The lowest BCUT2D eigenvalue weighted by molar-refractivity contribution is 0.0957. The summed E-state index contributed by atoms with van der Waals surface area (Å²) in [6.07, 6.45) is 5.45. The highest BCUT2D eigenvalue weighted by Crippen LogP contribution is 2.14. The van der Waals surface area contributed by atoms with Gasteiger partial charge in [-0.2, -0.15) is 0 Å². The van der Waals surface area contributed by atoms with Gasteiger partial charge in [0.05, 0.1) is 6.10 Å². The maximum Gasteiger partial charge on any atom is 0.0693 e. The summed E-state index contributed by atoms with van der Waals surface area (Å²) >= 11 is 3.53. The maximum atomic E-state index is 5.31. The van der Waals surface area contributed by atoms with Crippen LogP contribution in [0.4, 0.5) is 0 Å². The van der Waals surface area contributed by atoms with Gasteiger partial charge in [0.25, 0.3) is 0 Å². The highest BCUT2D eigenvalue weighted by atomic mass is 79.9. The predicted molar refractivity (Wildman–Crippen MR) is 53.3 cm³/mol. The van der Waals surface area contributed by atoms with E-state index in [0.29, 0.717) is 10.9 Å². The number of rotatable bonds is 6. The Morgan fingerprint density at radius 3 is 2.36 bits per heavy atom. The molecular formula is C9H19BrO. The van der Waals surface area contributed by atoms with Crippen molar-refractivity contribution in [3.8, 4) is 0 Å². The van der Waals surface area contributed by atoms with E-state index in [4.69, 9.17) is 4.74 Å². The number of methoxy groups -OCH3 is 1. The average molecular weight is 223 g/mol. The van der Waals surface area contributed by atoms with Crippen molar-refractivity contribution in [1.82, 2.24) is 0 Å². The first-order valence-electron chi connectivity index (χ1n) is 4.39. The van der Waals surface area contributed by atoms with Crippen LogP contribution in [0.25, 0.3) is 0 Å². The minimum atomic E-state index is 0.390. The molecule has 0 saturated carbocycles. The minimum Gasteiger partial charge on any atom is -0.380 e. The first-order chi connectivity index (χ1) is 5.22. The van der Waals surface area contributed by atoms with E-state index >= 15 is 0 Å². The molecule has 0 aliphatic heterocycles. The van der Waals surface area contributed by atoms with E-state index in [-0.39, 0.29) is 0 Å². The Labute approximate surface area is 78.6 Å². The molecule has 0 amide bonds. The summed E-state index contributed by atoms with van der Waals surface area (Å²) in [6.45, 7) is 4.36. The van der Waals surface area contributed by atoms with Gasteiger partial charge in [-0.15, -0.1) is 0 Å². The highest BCUT2D eigenvalue weighted by Gasteiger charge is 2.11. The van der Waals surface area contributed by atoms with Crippen molar-refractivity contribution in [3.63, 3.8) is 0 Å². The van der Waals surface area contributed by atoms with E-state index in [0.717, 1.165) is 0 Å². The van der Waals surface area contributed by atoms with Crippen LogP contribution in [0.1, 0.15) is 39.5 Å². The number of alkyl halides is 1. The van der Waals surface area contributed by atoms with E-state index < -0.39 is 0 Å². The number of hydrogen-bond acceptors (Lipinski definition) is 1. The molecule has 0 heterocycles. The second-order valence-electron chi connectivity index (χ2n) is 2.95. The van der Waals surface area contributed by atoms with E-state index in [1.165, 1.54) is 25.7 Å². The second-order valence-corrected chi connectivity index (χ2v) is 4.39. The standard InChI is InChI=1S/C9H19BrO/c1-4-5-6-7-9(11-3)8(2)10/h8-9H,4-7H2,1-3H3/t8-,9+/m0/s1. The fourth-order valence-corrected chi connectivity index (χ4v) is 1.61. The number of ether oxygens (including phenoxy) is 1. The Hall–Kier alpha value is 0.440. The van der Waals surface area contributed by atoms with Crippen molar-refractivity contribution in [2.45, 2.75) is 50.5 Å². The van der Waals surface area contributed by atoms with Gasteiger partial charge in [0.1, 0.15) is 0 Å². The smallest absolute Gasteiger partial charge is 0.0693 e. The summed E-state index contributed by atoms with van der Waals surface area (Å²) in [5.74, 6) is 0. The first kappa shape index (κ1) is 11.4. The van der Waals surface area contributed by atoms with E-state index in [1.807, 2.05) is 0 Å². The summed E-state index contributed by atoms with van der Waals surface area (Å²) < 4.78 is 5.31. The Kier molecular flexibility index (Phi) is 7.39. The van der Waals surface area contributed by atoms with Gasteiger partial charge in [0.2, 0.25) is 0 Å². The number of unbranched alkanes of at least 4 members (excludes halogenated alkanes) is 2. The van der Waals surface area contributed by atoms with Crippen LogP contribution in [0.15, 0.2) is 0 Å². The zero-order valence-electron chi connectivity index (χ0n) is 7.77. The summed E-state index contributed by atoms with van der Waals surface area (Å²) in [7, 11) is 1.79. The van der Waals surface area contributed by atoms with Gasteiger partial charge in [0, 0.05) is 11.9 Å². The van der Waals surface area contributed by atoms with E-state index in [2.05, 4.69) is 29.8 Å². The molecule has 11 heavy (non-hydrogen) atoms. The SMILES string of the molecule is CCCCC[C@@H](OC)[C@H](C)Br. The van der Waals surface area contributed by atoms with E-state index in [9.17, 15) is 0 Å². The van der Waals surface area contributed by atoms with Crippen LogP contribution in [-0.4, -0.2) is 18.0 Å². The first-order valence-corrected chi connectivity index (χ1v) is 5.30. The van der Waals surface area contributed by atoms with Gasteiger partial charge in [0.15, 0.2) is 0 Å². The molecule has 0 spiro atoms. The Bertz CT molecular complexity index is 83.6. The van der Waals surface area contributed by atoms with Crippen LogP contribution in [0, 0.1) is 0 Å². The molecule has 0 aliphatic carbocycles. The molecule has 0 N–H and O–H groups in total. The predicted octanol–water partition coefficient (Wildman–Crippen LogP) is 3.37. The van der Waals surface area contributed by atoms with Crippen LogP contribution < -0.4 is 0 Å². The molecule has 0 unspecified atom stereocenters. The van der Waals surface area contributed by atoms with Crippen molar-refractivity contribution in [2.24, 2.45) is 0 Å². The van der Waals surface area contributed by atoms with Crippen molar-refractivity contribution in [2.75, 3.05) is 7.11 Å². The average Bonchev–Trinajstić information content (AvgIpc) is 1.97. The van der Waals surface area contributed by atoms with E-state index in [1.54, 1.807) is 7.11 Å². The highest BCUT2D eigenvalue weighted by molar-refractivity contribution is 9.09. The minimum absolute atomic E-state index is 0.390. The normalized spacial score (nSPS) is 16.4. The summed E-state index contributed by atoms with van der Waals surface area (Å²) in [5.41, 5.74) is 0. The summed E-state index contributed by atoms with van der Waals surface area (Å²) in [6, 6.07) is 0. The molecule has 0 bridgehead atoms. The Morgan fingerprint density at radius 1 is 1.36 bits per heavy atom. The van der Waals surface area contributed by atoms with Crippen LogP contribution in [0.2, 0.25) is 0 Å². The molecule has 0 radical (unpaired) electrons. The van der Waals surface area contributed by atoms with Crippen molar-refractivity contribution in [1.29, 1.82) is 0 Å². The van der Waals surface area contributed by atoms with Crippen LogP contribution in [0.5, 0.6) is 0 Å². The monoisotopic (exact) mass is 222 g/mol. The lowest BCUT2D eigenvalue weighted by Gasteiger charge is -2.17. The fourth-order valence-electron chi connectivity index (χ4n) is 1.13. The zero-order chi connectivity index (χ0) is 8.69. The van der Waals surface area contributed by atoms with Crippen molar-refractivity contribution >= 4 is 15.9 Å². The molecule has 1 nitrogen and oxygen atoms in total. The molecule has 0 fully saturated rings. The topological polar surface area (TPSA) is 9.23 Å². The summed E-state index contributed by atoms with van der Waals surface area (Å²) in [4.78, 5) is 0.476. The molecule has 0 saturated heterocycles. The maximum absolute atomic E-state index is 5.31. The molecule has 2 heteroatoms. The second kappa shape index (κ2) is 7.11. The number of halogens is 1. The van der Waals surface area contributed by atoms with Gasteiger partial charge >= 0.3 is 0 Å². The van der Waals surface area contributed by atoms with Crippen molar-refractivity contribution in [3.05, 3.63) is 0 Å². The summed E-state index contributed by atoms with van der Waals surface area (Å²) in [5, 5.41) is 0.